The van der Waals surface area contributed by atoms with E-state index in [4.69, 9.17) is 0 Å². The van der Waals surface area contributed by atoms with Crippen molar-refractivity contribution in [3.8, 4) is 0 Å². The molecule has 1 aliphatic rings. The summed E-state index contributed by atoms with van der Waals surface area (Å²) in [6.07, 6.45) is 0. The van der Waals surface area contributed by atoms with Gasteiger partial charge in [0.15, 0.2) is 0 Å². The summed E-state index contributed by atoms with van der Waals surface area (Å²) in [4.78, 5) is 23.4. The molecule has 14 heavy (non-hydrogen) atoms. The molecule has 0 spiro atoms. The number of nitrogens with one attached hydrogen (secondary N) is 1. The summed E-state index contributed by atoms with van der Waals surface area (Å²) < 4.78 is -0.129. The number of benzene rings is 1. The number of rotatable bonds is 0. The van der Waals surface area contributed by atoms with E-state index in [1.807, 2.05) is 0 Å². The van der Waals surface area contributed by atoms with Crippen molar-refractivity contribution < 1.29 is 14.2 Å². The van der Waals surface area contributed by atoms with Gasteiger partial charge in [-0.25, -0.2) is 4.79 Å². The molecule has 4 nitrogen and oxygen atoms in total. The topological polar surface area (TPSA) is 46.2 Å². The van der Waals surface area contributed by atoms with Crippen molar-refractivity contribution in [3.05, 3.63) is 35.4 Å². The van der Waals surface area contributed by atoms with Crippen LogP contribution in [0, 0.1) is 0 Å². The van der Waals surface area contributed by atoms with Gasteiger partial charge >= 0.3 is 5.91 Å². The Kier molecular flexibility index (Phi) is 1.69. The van der Waals surface area contributed by atoms with Crippen molar-refractivity contribution in [2.24, 2.45) is 0 Å². The maximum atomic E-state index is 11.8. The molecule has 1 aliphatic heterocycles. The lowest BCUT2D eigenvalue weighted by Crippen LogP contribution is -2.61. The summed E-state index contributed by atoms with van der Waals surface area (Å²) in [6, 6.07) is 6.84. The van der Waals surface area contributed by atoms with E-state index >= 15 is 0 Å². The van der Waals surface area contributed by atoms with Crippen molar-refractivity contribution in [1.29, 1.82) is 0 Å². The summed E-state index contributed by atoms with van der Waals surface area (Å²) in [5, 5.41) is 0. The minimum absolute atomic E-state index is 0.0970. The highest BCUT2D eigenvalue weighted by Crippen LogP contribution is 2.18. The van der Waals surface area contributed by atoms with Crippen LogP contribution in [0.25, 0.3) is 0 Å². The van der Waals surface area contributed by atoms with Gasteiger partial charge in [0.1, 0.15) is 0 Å². The number of hydrogen-bond acceptors (Lipinski definition) is 2. The largest absolute Gasteiger partial charge is 0.370 e. The van der Waals surface area contributed by atoms with E-state index in [1.54, 1.807) is 38.4 Å². The van der Waals surface area contributed by atoms with Crippen LogP contribution in [-0.4, -0.2) is 30.5 Å². The number of carbonyl (C=O) groups excluding carboxylic acids is 2. The van der Waals surface area contributed by atoms with Gasteiger partial charge in [0.05, 0.1) is 25.2 Å². The first kappa shape index (κ1) is 8.90. The zero-order chi connectivity index (χ0) is 10.3. The molecular formula is C10H11N2O2+. The van der Waals surface area contributed by atoms with Crippen LogP contribution < -0.4 is 5.43 Å². The molecule has 0 bridgehead atoms. The van der Waals surface area contributed by atoms with Gasteiger partial charge in [-0.05, 0) is 12.1 Å². The minimum atomic E-state index is -0.204. The first-order chi connectivity index (χ1) is 6.52. The van der Waals surface area contributed by atoms with Gasteiger partial charge in [-0.15, -0.1) is 0 Å². The zero-order valence-electron chi connectivity index (χ0n) is 8.07. The molecular weight excluding hydrogens is 180 g/mol. The highest BCUT2D eigenvalue weighted by atomic mass is 16.2. The van der Waals surface area contributed by atoms with Crippen molar-refractivity contribution in [2.45, 2.75) is 0 Å². The van der Waals surface area contributed by atoms with Crippen molar-refractivity contribution in [3.63, 3.8) is 0 Å². The molecule has 0 aliphatic carbocycles. The maximum Gasteiger partial charge on any atom is 0.370 e. The Bertz CT molecular complexity index is 424. The normalized spacial score (nSPS) is 18.7. The highest BCUT2D eigenvalue weighted by molar-refractivity contribution is 6.07. The maximum absolute atomic E-state index is 11.8. The second-order valence-electron chi connectivity index (χ2n) is 3.75. The third kappa shape index (κ3) is 1.12. The predicted octanol–water partition coefficient (Wildman–Crippen LogP) is 0.562. The average molecular weight is 191 g/mol. The second kappa shape index (κ2) is 2.65. The van der Waals surface area contributed by atoms with Gasteiger partial charge in [0.2, 0.25) is 0 Å². The molecule has 0 saturated carbocycles. The molecule has 1 heterocycles. The van der Waals surface area contributed by atoms with E-state index in [2.05, 4.69) is 5.43 Å². The van der Waals surface area contributed by atoms with Crippen LogP contribution in [0.1, 0.15) is 20.7 Å². The van der Waals surface area contributed by atoms with Crippen LogP contribution in [0.2, 0.25) is 0 Å². The molecule has 0 radical (unpaired) electrons. The molecule has 2 amide bonds. The van der Waals surface area contributed by atoms with Gasteiger partial charge in [-0.3, -0.25) is 4.79 Å². The lowest BCUT2D eigenvalue weighted by Gasteiger charge is -2.30. The highest BCUT2D eigenvalue weighted by Gasteiger charge is 2.38. The molecule has 72 valence electrons. The number of amides is 2. The van der Waals surface area contributed by atoms with Crippen molar-refractivity contribution in [2.75, 3.05) is 14.1 Å². The molecule has 0 aromatic heterocycles. The molecule has 2 rings (SSSR count). The molecule has 0 fully saturated rings. The van der Waals surface area contributed by atoms with Crippen LogP contribution in [0.5, 0.6) is 0 Å². The van der Waals surface area contributed by atoms with Crippen LogP contribution >= 0.6 is 0 Å². The van der Waals surface area contributed by atoms with Gasteiger partial charge < -0.3 is 0 Å². The fourth-order valence-corrected chi connectivity index (χ4v) is 1.53. The number of fused-ring (bicyclic) bond motifs is 1. The SMILES string of the molecule is C[N+]1(C)NC(=O)c2ccccc2C1=O. The number of hydrogen-bond donors (Lipinski definition) is 1. The summed E-state index contributed by atoms with van der Waals surface area (Å²) in [6.45, 7) is 0. The van der Waals surface area contributed by atoms with E-state index in [-0.39, 0.29) is 16.4 Å². The Morgan fingerprint density at radius 2 is 1.64 bits per heavy atom. The van der Waals surface area contributed by atoms with Crippen molar-refractivity contribution >= 4 is 11.8 Å². The van der Waals surface area contributed by atoms with Gasteiger partial charge in [0, 0.05) is 0 Å². The van der Waals surface area contributed by atoms with E-state index in [1.165, 1.54) is 0 Å². The first-order valence-corrected chi connectivity index (χ1v) is 4.33. The van der Waals surface area contributed by atoms with E-state index in [9.17, 15) is 9.59 Å². The Morgan fingerprint density at radius 3 is 2.29 bits per heavy atom. The smallest absolute Gasteiger partial charge is 0.264 e. The van der Waals surface area contributed by atoms with Gasteiger partial charge in [0.25, 0.3) is 5.91 Å². The van der Waals surface area contributed by atoms with Crippen LogP contribution in [0.3, 0.4) is 0 Å². The standard InChI is InChI=1S/C10H10N2O2/c1-12(2)10(14)8-6-4-3-5-7(8)9(13)11-12/h3-6H,1-2H3/p+1. The fourth-order valence-electron chi connectivity index (χ4n) is 1.53. The molecule has 1 N–H and O–H groups in total. The van der Waals surface area contributed by atoms with E-state index in [0.29, 0.717) is 11.1 Å². The molecule has 0 atom stereocenters. The quantitative estimate of drug-likeness (QED) is 0.609. The lowest BCUT2D eigenvalue weighted by molar-refractivity contribution is -0.845. The van der Waals surface area contributed by atoms with Gasteiger partial charge in [-0.1, -0.05) is 12.1 Å². The van der Waals surface area contributed by atoms with Crippen LogP contribution in [0.15, 0.2) is 24.3 Å². The summed E-state index contributed by atoms with van der Waals surface area (Å²) in [7, 11) is 3.30. The van der Waals surface area contributed by atoms with Crippen LogP contribution in [0.4, 0.5) is 0 Å². The molecule has 4 heteroatoms. The summed E-state index contributed by atoms with van der Waals surface area (Å²) in [5.74, 6) is -0.301. The molecule has 0 unspecified atom stereocenters. The summed E-state index contributed by atoms with van der Waals surface area (Å²) >= 11 is 0. The molecule has 0 saturated heterocycles. The Morgan fingerprint density at radius 1 is 1.07 bits per heavy atom. The zero-order valence-corrected chi connectivity index (χ0v) is 8.07. The number of carbonyl (C=O) groups is 2. The Labute approximate surface area is 81.7 Å². The predicted molar refractivity (Wildman–Crippen MR) is 50.3 cm³/mol. The van der Waals surface area contributed by atoms with Crippen LogP contribution in [-0.2, 0) is 0 Å². The van der Waals surface area contributed by atoms with Gasteiger partial charge in [-0.2, -0.15) is 10.0 Å². The first-order valence-electron chi connectivity index (χ1n) is 4.33. The third-order valence-corrected chi connectivity index (χ3v) is 2.29. The second-order valence-corrected chi connectivity index (χ2v) is 3.75. The monoisotopic (exact) mass is 191 g/mol. The molecule has 1 aromatic carbocycles. The van der Waals surface area contributed by atoms with E-state index in [0.717, 1.165) is 0 Å². The third-order valence-electron chi connectivity index (χ3n) is 2.29. The minimum Gasteiger partial charge on any atom is -0.264 e. The van der Waals surface area contributed by atoms with E-state index < -0.39 is 0 Å². The Balaban J connectivity index is 2.63. The fraction of sp³-hybridized carbons (Fsp3) is 0.200. The summed E-state index contributed by atoms with van der Waals surface area (Å²) in [5.41, 5.74) is 3.55. The lowest BCUT2D eigenvalue weighted by atomic mass is 10.0. The van der Waals surface area contributed by atoms with Crippen molar-refractivity contribution in [1.82, 2.24) is 5.43 Å². The molecule has 1 aromatic rings. The number of quaternary nitrogens is 1. The average Bonchev–Trinajstić information content (AvgIpc) is 2.14. The number of nitrogens with zero attached hydrogens (tertiary/aromatic N) is 1. The Hall–Kier alpha value is -1.68.